The molecule has 2 atom stereocenters. The number of hydrogen-bond donors (Lipinski definition) is 0. The van der Waals surface area contributed by atoms with Gasteiger partial charge in [-0.05, 0) is 24.7 Å². The van der Waals surface area contributed by atoms with Gasteiger partial charge in [0.15, 0.2) is 0 Å². The first-order valence-electron chi connectivity index (χ1n) is 5.65. The van der Waals surface area contributed by atoms with E-state index in [1.165, 1.54) is 32.1 Å². The number of amides is 1. The molecule has 2 nitrogen and oxygen atoms in total. The van der Waals surface area contributed by atoms with Crippen LogP contribution in [0.3, 0.4) is 0 Å². The molecule has 1 saturated carbocycles. The number of alkyl halides is 1. The lowest BCUT2D eigenvalue weighted by Crippen LogP contribution is -2.45. The summed E-state index contributed by atoms with van der Waals surface area (Å²) >= 11 is 5.57. The van der Waals surface area contributed by atoms with Crippen LogP contribution in [0.15, 0.2) is 0 Å². The third kappa shape index (κ3) is 2.05. The third-order valence-corrected chi connectivity index (χ3v) is 3.99. The molecule has 0 aromatic heterocycles. The Morgan fingerprint density at radius 2 is 1.93 bits per heavy atom. The average Bonchev–Trinajstić information content (AvgIpc) is 2.27. The fraction of sp³-hybridized carbons (Fsp3) is 0.909. The molecule has 0 radical (unpaired) electrons. The van der Waals surface area contributed by atoms with E-state index in [0.29, 0.717) is 0 Å². The molecule has 2 aliphatic rings. The molecular formula is C11H18ClNO. The van der Waals surface area contributed by atoms with Crippen LogP contribution in [-0.4, -0.2) is 29.8 Å². The normalized spacial score (nSPS) is 32.5. The summed E-state index contributed by atoms with van der Waals surface area (Å²) in [6, 6.07) is 0. The predicted octanol–water partition coefficient (Wildman–Crippen LogP) is 2.26. The summed E-state index contributed by atoms with van der Waals surface area (Å²) in [6.07, 6.45) is 6.65. The molecule has 1 saturated heterocycles. The molecule has 3 heteroatoms. The van der Waals surface area contributed by atoms with E-state index in [4.69, 9.17) is 11.6 Å². The summed E-state index contributed by atoms with van der Waals surface area (Å²) in [7, 11) is 0. The molecule has 1 aliphatic heterocycles. The van der Waals surface area contributed by atoms with Gasteiger partial charge in [-0.3, -0.25) is 4.79 Å². The lowest BCUT2D eigenvalue weighted by molar-refractivity contribution is -0.131. The van der Waals surface area contributed by atoms with Crippen LogP contribution in [0.2, 0.25) is 0 Å². The minimum Gasteiger partial charge on any atom is -0.341 e. The van der Waals surface area contributed by atoms with E-state index in [-0.39, 0.29) is 11.8 Å². The molecule has 0 bridgehead atoms. The Morgan fingerprint density at radius 1 is 1.21 bits per heavy atom. The summed E-state index contributed by atoms with van der Waals surface area (Å²) in [4.78, 5) is 13.4. The lowest BCUT2D eigenvalue weighted by Gasteiger charge is -2.41. The van der Waals surface area contributed by atoms with E-state index < -0.39 is 0 Å². The van der Waals surface area contributed by atoms with Gasteiger partial charge < -0.3 is 4.90 Å². The van der Waals surface area contributed by atoms with Gasteiger partial charge in [0.25, 0.3) is 0 Å². The molecule has 80 valence electrons. The summed E-state index contributed by atoms with van der Waals surface area (Å²) < 4.78 is 0. The van der Waals surface area contributed by atoms with Gasteiger partial charge >= 0.3 is 0 Å². The topological polar surface area (TPSA) is 20.3 Å². The van der Waals surface area contributed by atoms with E-state index in [2.05, 4.69) is 0 Å². The Bertz CT molecular complexity index is 219. The zero-order valence-electron chi connectivity index (χ0n) is 8.54. The summed E-state index contributed by atoms with van der Waals surface area (Å²) in [5, 5.41) is 0. The van der Waals surface area contributed by atoms with Crippen molar-refractivity contribution in [3.63, 3.8) is 0 Å². The fourth-order valence-electron chi connectivity index (χ4n) is 2.91. The maximum Gasteiger partial charge on any atom is 0.237 e. The van der Waals surface area contributed by atoms with Gasteiger partial charge in [-0.2, -0.15) is 0 Å². The first-order valence-corrected chi connectivity index (χ1v) is 6.18. The van der Waals surface area contributed by atoms with Crippen molar-refractivity contribution in [3.8, 4) is 0 Å². The zero-order valence-corrected chi connectivity index (χ0v) is 9.30. The van der Waals surface area contributed by atoms with Crippen LogP contribution in [0.4, 0.5) is 0 Å². The quantitative estimate of drug-likeness (QED) is 0.615. The lowest BCUT2D eigenvalue weighted by atomic mass is 9.75. The highest BCUT2D eigenvalue weighted by Crippen LogP contribution is 2.35. The number of likely N-dealkylation sites (tertiary alicyclic amines) is 1. The SMILES string of the molecule is O=C(CCl)N1CC[C@@H]2CCCC[C@@H]2C1. The number of piperidine rings is 1. The van der Waals surface area contributed by atoms with Crippen molar-refractivity contribution in [1.29, 1.82) is 0 Å². The van der Waals surface area contributed by atoms with Crippen molar-refractivity contribution in [2.75, 3.05) is 19.0 Å². The van der Waals surface area contributed by atoms with E-state index >= 15 is 0 Å². The highest BCUT2D eigenvalue weighted by atomic mass is 35.5. The second-order valence-corrected chi connectivity index (χ2v) is 4.83. The van der Waals surface area contributed by atoms with Crippen LogP contribution in [0.1, 0.15) is 32.1 Å². The maximum absolute atomic E-state index is 11.4. The number of halogens is 1. The first kappa shape index (κ1) is 10.3. The minimum atomic E-state index is 0.121. The van der Waals surface area contributed by atoms with E-state index in [1.807, 2.05) is 4.90 Å². The van der Waals surface area contributed by atoms with Gasteiger partial charge in [-0.25, -0.2) is 0 Å². The second-order valence-electron chi connectivity index (χ2n) is 4.57. The monoisotopic (exact) mass is 215 g/mol. The van der Waals surface area contributed by atoms with Gasteiger partial charge in [0, 0.05) is 13.1 Å². The average molecular weight is 216 g/mol. The number of rotatable bonds is 1. The Morgan fingerprint density at radius 3 is 2.64 bits per heavy atom. The Labute approximate surface area is 90.6 Å². The number of hydrogen-bond acceptors (Lipinski definition) is 1. The highest BCUT2D eigenvalue weighted by Gasteiger charge is 2.32. The smallest absolute Gasteiger partial charge is 0.237 e. The predicted molar refractivity (Wildman–Crippen MR) is 57.4 cm³/mol. The Hall–Kier alpha value is -0.240. The number of fused-ring (bicyclic) bond motifs is 1. The van der Waals surface area contributed by atoms with E-state index in [0.717, 1.165) is 24.9 Å². The van der Waals surface area contributed by atoms with Crippen LogP contribution < -0.4 is 0 Å². The van der Waals surface area contributed by atoms with Crippen molar-refractivity contribution >= 4 is 17.5 Å². The van der Waals surface area contributed by atoms with Gasteiger partial charge in [-0.1, -0.05) is 19.3 Å². The van der Waals surface area contributed by atoms with Gasteiger partial charge in [0.05, 0.1) is 0 Å². The van der Waals surface area contributed by atoms with Crippen molar-refractivity contribution in [3.05, 3.63) is 0 Å². The minimum absolute atomic E-state index is 0.121. The Kier molecular flexibility index (Phi) is 3.32. The van der Waals surface area contributed by atoms with Gasteiger partial charge in [0.1, 0.15) is 5.88 Å². The molecule has 0 aromatic rings. The third-order valence-electron chi connectivity index (χ3n) is 3.76. The molecule has 14 heavy (non-hydrogen) atoms. The Balaban J connectivity index is 1.92. The van der Waals surface area contributed by atoms with Gasteiger partial charge in [0.2, 0.25) is 5.91 Å². The van der Waals surface area contributed by atoms with Crippen molar-refractivity contribution in [1.82, 2.24) is 4.90 Å². The molecule has 0 N–H and O–H groups in total. The fourth-order valence-corrected chi connectivity index (χ4v) is 3.08. The van der Waals surface area contributed by atoms with Crippen molar-refractivity contribution < 1.29 is 4.79 Å². The van der Waals surface area contributed by atoms with Crippen molar-refractivity contribution in [2.45, 2.75) is 32.1 Å². The van der Waals surface area contributed by atoms with E-state index in [1.54, 1.807) is 0 Å². The van der Waals surface area contributed by atoms with E-state index in [9.17, 15) is 4.79 Å². The number of carbonyl (C=O) groups excluding carboxylic acids is 1. The van der Waals surface area contributed by atoms with Crippen LogP contribution in [-0.2, 0) is 4.79 Å². The number of nitrogens with zero attached hydrogens (tertiary/aromatic N) is 1. The standard InChI is InChI=1S/C11H18ClNO/c12-7-11(14)13-6-5-9-3-1-2-4-10(9)8-13/h9-10H,1-8H2/t9-,10+/m0/s1. The molecule has 1 heterocycles. The van der Waals surface area contributed by atoms with Crippen LogP contribution in [0.5, 0.6) is 0 Å². The molecule has 1 aliphatic carbocycles. The molecule has 2 rings (SSSR count). The molecule has 0 aromatic carbocycles. The number of carbonyl (C=O) groups is 1. The summed E-state index contributed by atoms with van der Waals surface area (Å²) in [6.45, 7) is 1.91. The van der Waals surface area contributed by atoms with Crippen LogP contribution in [0.25, 0.3) is 0 Å². The van der Waals surface area contributed by atoms with Crippen LogP contribution >= 0.6 is 11.6 Å². The van der Waals surface area contributed by atoms with Crippen molar-refractivity contribution in [2.24, 2.45) is 11.8 Å². The van der Waals surface area contributed by atoms with Crippen LogP contribution in [0, 0.1) is 11.8 Å². The zero-order chi connectivity index (χ0) is 9.97. The maximum atomic E-state index is 11.4. The largest absolute Gasteiger partial charge is 0.341 e. The molecule has 2 fully saturated rings. The highest BCUT2D eigenvalue weighted by molar-refractivity contribution is 6.27. The summed E-state index contributed by atoms with van der Waals surface area (Å²) in [5.74, 6) is 1.93. The molecule has 1 amide bonds. The molecule has 0 unspecified atom stereocenters. The summed E-state index contributed by atoms with van der Waals surface area (Å²) in [5.41, 5.74) is 0. The second kappa shape index (κ2) is 4.52. The molecular weight excluding hydrogens is 198 g/mol. The molecule has 0 spiro atoms. The first-order chi connectivity index (χ1) is 6.81. The van der Waals surface area contributed by atoms with Gasteiger partial charge in [-0.15, -0.1) is 11.6 Å².